The van der Waals surface area contributed by atoms with Crippen molar-refractivity contribution in [3.05, 3.63) is 66.0 Å². The van der Waals surface area contributed by atoms with Gasteiger partial charge in [0.15, 0.2) is 0 Å². The Balaban J connectivity index is 1.58. The van der Waals surface area contributed by atoms with Gasteiger partial charge in [0.2, 0.25) is 11.8 Å². The van der Waals surface area contributed by atoms with E-state index in [-0.39, 0.29) is 36.4 Å². The van der Waals surface area contributed by atoms with Crippen LogP contribution in [0, 0.1) is 0 Å². The molecule has 3 atom stereocenters. The van der Waals surface area contributed by atoms with E-state index in [1.165, 1.54) is 5.56 Å². The summed E-state index contributed by atoms with van der Waals surface area (Å²) in [7, 11) is 0. The summed E-state index contributed by atoms with van der Waals surface area (Å²) in [5.74, 6) is 1.11. The highest BCUT2D eigenvalue weighted by molar-refractivity contribution is 5.83. The van der Waals surface area contributed by atoms with Crippen LogP contribution in [0.4, 0.5) is 0 Å². The van der Waals surface area contributed by atoms with E-state index in [1.54, 1.807) is 0 Å². The second-order valence-electron chi connectivity index (χ2n) is 9.84. The fourth-order valence-corrected chi connectivity index (χ4v) is 5.18. The third kappa shape index (κ3) is 5.42. The first-order valence-corrected chi connectivity index (χ1v) is 13.0. The number of amides is 2. The first-order chi connectivity index (χ1) is 16.9. The molecule has 6 nitrogen and oxygen atoms in total. The average molecular weight is 475 g/mol. The lowest BCUT2D eigenvalue weighted by molar-refractivity contribution is -0.136. The van der Waals surface area contributed by atoms with E-state index in [2.05, 4.69) is 44.4 Å². The fraction of sp³-hybridized carbons (Fsp3) is 0.483. The predicted octanol–water partition coefficient (Wildman–Crippen LogP) is 5.02. The number of hydrogen-bond acceptors (Lipinski definition) is 3. The maximum absolute atomic E-state index is 13.6. The summed E-state index contributed by atoms with van der Waals surface area (Å²) < 4.78 is 2.06. The molecule has 0 bridgehead atoms. The number of hydrogen-bond donors (Lipinski definition) is 0. The molecule has 0 spiro atoms. The molecule has 0 radical (unpaired) electrons. The summed E-state index contributed by atoms with van der Waals surface area (Å²) in [5, 5.41) is 0. The van der Waals surface area contributed by atoms with Crippen LogP contribution in [0.1, 0.15) is 64.3 Å². The number of aromatic nitrogens is 2. The van der Waals surface area contributed by atoms with Gasteiger partial charge in [-0.15, -0.1) is 0 Å². The summed E-state index contributed by atoms with van der Waals surface area (Å²) in [5.41, 5.74) is 3.07. The molecule has 6 heteroatoms. The van der Waals surface area contributed by atoms with Gasteiger partial charge in [-0.05, 0) is 50.8 Å². The number of imidazole rings is 1. The van der Waals surface area contributed by atoms with Gasteiger partial charge in [-0.1, -0.05) is 56.3 Å². The molecular formula is C29H38N4O2. The minimum absolute atomic E-state index is 0.0147. The van der Waals surface area contributed by atoms with E-state index in [0.29, 0.717) is 19.5 Å². The highest BCUT2D eigenvalue weighted by Crippen LogP contribution is 2.31. The Hall–Kier alpha value is -3.15. The van der Waals surface area contributed by atoms with Gasteiger partial charge in [0.05, 0.1) is 11.0 Å². The van der Waals surface area contributed by atoms with Crippen molar-refractivity contribution >= 4 is 22.8 Å². The number of benzene rings is 2. The molecular weight excluding hydrogens is 436 g/mol. The van der Waals surface area contributed by atoms with Gasteiger partial charge in [-0.3, -0.25) is 9.59 Å². The molecule has 0 aliphatic carbocycles. The second-order valence-corrected chi connectivity index (χ2v) is 9.84. The van der Waals surface area contributed by atoms with Gasteiger partial charge in [-0.25, -0.2) is 4.98 Å². The van der Waals surface area contributed by atoms with E-state index >= 15 is 0 Å². The maximum Gasteiger partial charge on any atom is 0.243 e. The van der Waals surface area contributed by atoms with E-state index in [1.807, 2.05) is 52.3 Å². The molecule has 2 heterocycles. The van der Waals surface area contributed by atoms with Crippen LogP contribution in [0.15, 0.2) is 54.6 Å². The van der Waals surface area contributed by atoms with Crippen molar-refractivity contribution in [3.8, 4) is 0 Å². The van der Waals surface area contributed by atoms with Crippen molar-refractivity contribution in [1.29, 1.82) is 0 Å². The molecule has 0 N–H and O–H groups in total. The van der Waals surface area contributed by atoms with E-state index in [4.69, 9.17) is 4.98 Å². The highest BCUT2D eigenvalue weighted by atomic mass is 16.2. The third-order valence-corrected chi connectivity index (χ3v) is 7.49. The van der Waals surface area contributed by atoms with Gasteiger partial charge < -0.3 is 14.4 Å². The first-order valence-electron chi connectivity index (χ1n) is 13.0. The Morgan fingerprint density at radius 2 is 1.69 bits per heavy atom. The zero-order chi connectivity index (χ0) is 24.9. The topological polar surface area (TPSA) is 58.4 Å². The Morgan fingerprint density at radius 1 is 1.03 bits per heavy atom. The normalized spacial score (nSPS) is 17.7. The SMILES string of the molecule is CCC(C)N(C(=O)Cn1c(C2CC(=O)N(CCc3ccccc3)C2)nc2ccccc21)C(C)CC. The fourth-order valence-electron chi connectivity index (χ4n) is 5.18. The van der Waals surface area contributed by atoms with Crippen molar-refractivity contribution in [1.82, 2.24) is 19.4 Å². The highest BCUT2D eigenvalue weighted by Gasteiger charge is 2.34. The molecule has 2 aromatic carbocycles. The lowest BCUT2D eigenvalue weighted by atomic mass is 10.1. The molecule has 0 saturated carbocycles. The molecule has 1 aliphatic rings. The van der Waals surface area contributed by atoms with Crippen LogP contribution in [-0.4, -0.2) is 56.3 Å². The van der Waals surface area contributed by atoms with Crippen molar-refractivity contribution in [3.63, 3.8) is 0 Å². The largest absolute Gasteiger partial charge is 0.342 e. The standard InChI is InChI=1S/C29H38N4O2/c1-5-21(3)33(22(4)6-2)28(35)20-32-26-15-11-10-14-25(26)30-29(32)24-18-27(34)31(19-24)17-16-23-12-8-7-9-13-23/h7-15,21-22,24H,5-6,16-20H2,1-4H3. The van der Waals surface area contributed by atoms with Crippen LogP contribution < -0.4 is 0 Å². The molecule has 2 amide bonds. The molecule has 1 aliphatic heterocycles. The van der Waals surface area contributed by atoms with Crippen LogP contribution in [0.2, 0.25) is 0 Å². The van der Waals surface area contributed by atoms with E-state index in [0.717, 1.165) is 36.1 Å². The lowest BCUT2D eigenvalue weighted by Gasteiger charge is -2.34. The number of likely N-dealkylation sites (tertiary alicyclic amines) is 1. The Morgan fingerprint density at radius 3 is 2.37 bits per heavy atom. The number of carbonyl (C=O) groups is 2. The van der Waals surface area contributed by atoms with Crippen LogP contribution in [-0.2, 0) is 22.6 Å². The van der Waals surface area contributed by atoms with Gasteiger partial charge >= 0.3 is 0 Å². The molecule has 3 unspecified atom stereocenters. The van der Waals surface area contributed by atoms with Crippen molar-refractivity contribution in [2.75, 3.05) is 13.1 Å². The molecule has 35 heavy (non-hydrogen) atoms. The maximum atomic E-state index is 13.6. The van der Waals surface area contributed by atoms with E-state index in [9.17, 15) is 9.59 Å². The summed E-state index contributed by atoms with van der Waals surface area (Å²) in [6.07, 6.45) is 3.11. The van der Waals surface area contributed by atoms with E-state index < -0.39 is 0 Å². The van der Waals surface area contributed by atoms with Crippen LogP contribution >= 0.6 is 0 Å². The monoisotopic (exact) mass is 474 g/mol. The first kappa shape index (κ1) is 25.0. The number of para-hydroxylation sites is 2. The van der Waals surface area contributed by atoms with Gasteiger partial charge in [0.25, 0.3) is 0 Å². The van der Waals surface area contributed by atoms with Crippen molar-refractivity contribution in [2.24, 2.45) is 0 Å². The van der Waals surface area contributed by atoms with Gasteiger partial charge in [0.1, 0.15) is 12.4 Å². The van der Waals surface area contributed by atoms with Crippen LogP contribution in [0.3, 0.4) is 0 Å². The lowest BCUT2D eigenvalue weighted by Crippen LogP contribution is -2.46. The quantitative estimate of drug-likeness (QED) is 0.415. The number of fused-ring (bicyclic) bond motifs is 1. The summed E-state index contributed by atoms with van der Waals surface area (Å²) in [4.78, 5) is 35.4. The van der Waals surface area contributed by atoms with Crippen molar-refractivity contribution < 1.29 is 9.59 Å². The molecule has 186 valence electrons. The van der Waals surface area contributed by atoms with Crippen LogP contribution in [0.5, 0.6) is 0 Å². The zero-order valence-electron chi connectivity index (χ0n) is 21.5. The summed E-state index contributed by atoms with van der Waals surface area (Å²) >= 11 is 0. The molecule has 3 aromatic rings. The average Bonchev–Trinajstić information content (AvgIpc) is 3.43. The Labute approximate surface area is 208 Å². The molecule has 1 aromatic heterocycles. The molecule has 4 rings (SSSR count). The number of rotatable bonds is 10. The van der Waals surface area contributed by atoms with Crippen LogP contribution in [0.25, 0.3) is 11.0 Å². The summed E-state index contributed by atoms with van der Waals surface area (Å²) in [6, 6.07) is 18.6. The molecule has 1 saturated heterocycles. The Bertz CT molecular complexity index is 1150. The second kappa shape index (κ2) is 11.1. The molecule has 1 fully saturated rings. The zero-order valence-corrected chi connectivity index (χ0v) is 21.5. The smallest absolute Gasteiger partial charge is 0.243 e. The predicted molar refractivity (Wildman–Crippen MR) is 140 cm³/mol. The minimum Gasteiger partial charge on any atom is -0.342 e. The minimum atomic E-state index is -0.0147. The number of nitrogens with zero attached hydrogens (tertiary/aromatic N) is 4. The Kier molecular flexibility index (Phi) is 7.89. The van der Waals surface area contributed by atoms with Crippen molar-refractivity contribution in [2.45, 2.75) is 77.9 Å². The van der Waals surface area contributed by atoms with Gasteiger partial charge in [0, 0.05) is 37.5 Å². The third-order valence-electron chi connectivity index (χ3n) is 7.49. The number of carbonyl (C=O) groups excluding carboxylic acids is 2. The van der Waals surface area contributed by atoms with Gasteiger partial charge in [-0.2, -0.15) is 0 Å². The summed E-state index contributed by atoms with van der Waals surface area (Å²) in [6.45, 7) is 10.1.